The van der Waals surface area contributed by atoms with Crippen molar-refractivity contribution >= 4 is 60.7 Å². The van der Waals surface area contributed by atoms with Crippen molar-refractivity contribution in [3.05, 3.63) is 23.0 Å². The summed E-state index contributed by atoms with van der Waals surface area (Å²) in [6.45, 7) is 4.55. The quantitative estimate of drug-likeness (QED) is 0.531. The third-order valence-electron chi connectivity index (χ3n) is 1.76. The Balaban J connectivity index is 0. The molecule has 20 heavy (non-hydrogen) atoms. The van der Waals surface area contributed by atoms with Crippen LogP contribution in [-0.4, -0.2) is 20.3 Å². The number of carbonyl (C=O) groups excluding carboxylic acids is 2. The van der Waals surface area contributed by atoms with E-state index in [2.05, 4.69) is 55.5 Å². The molecular weight excluding hydrogens is 334 g/mol. The molecule has 0 bridgehead atoms. The van der Waals surface area contributed by atoms with Crippen LogP contribution in [0.25, 0.3) is 0 Å². The van der Waals surface area contributed by atoms with Crippen LogP contribution >= 0.6 is 50.5 Å². The first kappa shape index (κ1) is 22.0. The number of hydrogen-bond acceptors (Lipinski definition) is 6. The van der Waals surface area contributed by atoms with E-state index in [1.54, 1.807) is 13.1 Å². The van der Waals surface area contributed by atoms with E-state index in [0.29, 0.717) is 17.2 Å². The summed E-state index contributed by atoms with van der Waals surface area (Å²) < 4.78 is 0. The van der Waals surface area contributed by atoms with Crippen molar-refractivity contribution < 1.29 is 14.7 Å². The Morgan fingerprint density at radius 3 is 1.85 bits per heavy atom. The highest BCUT2D eigenvalue weighted by Gasteiger charge is 2.08. The van der Waals surface area contributed by atoms with Gasteiger partial charge >= 0.3 is 0 Å². The number of pyridine rings is 1. The highest BCUT2D eigenvalue weighted by Crippen LogP contribution is 2.25. The van der Waals surface area contributed by atoms with Gasteiger partial charge in [-0.3, -0.25) is 14.6 Å². The van der Waals surface area contributed by atoms with E-state index in [0.717, 1.165) is 11.1 Å². The average molecular weight is 354 g/mol. The second-order valence-corrected chi connectivity index (χ2v) is 5.44. The molecule has 4 nitrogen and oxygen atoms in total. The second kappa shape index (κ2) is 12.4. The smallest absolute Gasteiger partial charge is 0.182 e. The molecule has 0 aliphatic carbocycles. The van der Waals surface area contributed by atoms with E-state index in [9.17, 15) is 14.7 Å². The highest BCUT2D eigenvalue weighted by molar-refractivity contribution is 7.96. The van der Waals surface area contributed by atoms with Crippen molar-refractivity contribution in [2.24, 2.45) is 0 Å². The average Bonchev–Trinajstić information content (AvgIpc) is 2.31. The molecule has 1 aromatic heterocycles. The zero-order valence-corrected chi connectivity index (χ0v) is 15.1. The molecule has 0 saturated carbocycles. The summed E-state index contributed by atoms with van der Waals surface area (Å²) in [4.78, 5) is 22.6. The molecule has 0 radical (unpaired) electrons. The lowest BCUT2D eigenvalue weighted by atomic mass is 10.1. The number of aromatic hydroxyl groups is 1. The number of carbonyl (C=O) groups is 2. The summed E-state index contributed by atoms with van der Waals surface area (Å²) in [5.74, 6) is 1.35. The molecule has 0 aliphatic heterocycles. The molecule has 0 fully saturated rings. The molecule has 8 heteroatoms. The van der Waals surface area contributed by atoms with Crippen LogP contribution in [0.3, 0.4) is 0 Å². The third-order valence-corrected chi connectivity index (χ3v) is 2.42. The van der Waals surface area contributed by atoms with Gasteiger partial charge in [0.15, 0.2) is 10.2 Å². The fourth-order valence-corrected chi connectivity index (χ4v) is 1.62. The summed E-state index contributed by atoms with van der Waals surface area (Å²) in [7, 11) is 0. The standard InChI is InChI=1S/C8H11NOS2.2C2H4OS/c1-5-8(10)7(4-12)6(3-11)2-9-5;2*1-2(3)4/h2,10-12H,3-4H2,1H3;2*1H3,(H,3,4). The number of hydrogen-bond donors (Lipinski definition) is 5. The summed E-state index contributed by atoms with van der Waals surface area (Å²) in [5, 5.41) is 9.29. The van der Waals surface area contributed by atoms with E-state index < -0.39 is 0 Å². The second-order valence-electron chi connectivity index (χ2n) is 3.55. The lowest BCUT2D eigenvalue weighted by molar-refractivity contribution is -0.109. The molecule has 114 valence electrons. The van der Waals surface area contributed by atoms with E-state index in [1.807, 2.05) is 0 Å². The predicted octanol–water partition coefficient (Wildman–Crippen LogP) is 2.88. The van der Waals surface area contributed by atoms with Crippen molar-refractivity contribution in [2.45, 2.75) is 32.3 Å². The SMILES string of the molecule is CC(=O)S.CC(=O)S.Cc1ncc(CS)c(CS)c1O. The minimum absolute atomic E-state index is 0.139. The number of rotatable bonds is 2. The van der Waals surface area contributed by atoms with Crippen LogP contribution in [0.2, 0.25) is 0 Å². The topological polar surface area (TPSA) is 67.3 Å². The van der Waals surface area contributed by atoms with Crippen LogP contribution < -0.4 is 0 Å². The monoisotopic (exact) mass is 353 g/mol. The first-order chi connectivity index (χ1) is 9.17. The molecule has 0 atom stereocenters. The van der Waals surface area contributed by atoms with Gasteiger partial charge < -0.3 is 5.11 Å². The van der Waals surface area contributed by atoms with Crippen LogP contribution in [0, 0.1) is 6.92 Å². The maximum Gasteiger partial charge on any atom is 0.182 e. The van der Waals surface area contributed by atoms with Gasteiger partial charge in [0.05, 0.1) is 5.69 Å². The summed E-state index contributed by atoms with van der Waals surface area (Å²) >= 11 is 14.9. The molecule has 0 aromatic carbocycles. The minimum Gasteiger partial charge on any atom is -0.506 e. The number of aryl methyl sites for hydroxylation is 1. The van der Waals surface area contributed by atoms with Gasteiger partial charge in [-0.15, -0.1) is 25.3 Å². The number of nitrogens with zero attached hydrogens (tertiary/aromatic N) is 1. The van der Waals surface area contributed by atoms with Gasteiger partial charge in [-0.25, -0.2) is 0 Å². The van der Waals surface area contributed by atoms with Gasteiger partial charge in [0.25, 0.3) is 0 Å². The van der Waals surface area contributed by atoms with Gasteiger partial charge in [0, 0.05) is 37.1 Å². The molecular formula is C12H19NO3S4. The molecule has 0 aliphatic rings. The summed E-state index contributed by atoms with van der Waals surface area (Å²) in [6, 6.07) is 0. The molecule has 1 N–H and O–H groups in total. The minimum atomic E-state index is -0.139. The van der Waals surface area contributed by atoms with E-state index >= 15 is 0 Å². The molecule has 1 aromatic rings. The van der Waals surface area contributed by atoms with Gasteiger partial charge in [-0.05, 0) is 12.5 Å². The lowest BCUT2D eigenvalue weighted by Gasteiger charge is -2.08. The fourth-order valence-electron chi connectivity index (χ4n) is 0.997. The van der Waals surface area contributed by atoms with Gasteiger partial charge in [0.2, 0.25) is 0 Å². The number of aromatic nitrogens is 1. The Morgan fingerprint density at radius 2 is 1.55 bits per heavy atom. The van der Waals surface area contributed by atoms with Crippen LogP contribution in [-0.2, 0) is 21.1 Å². The summed E-state index contributed by atoms with van der Waals surface area (Å²) in [6.07, 6.45) is 1.73. The fraction of sp³-hybridized carbons (Fsp3) is 0.417. The summed E-state index contributed by atoms with van der Waals surface area (Å²) in [5.41, 5.74) is 2.42. The van der Waals surface area contributed by atoms with Crippen LogP contribution in [0.4, 0.5) is 0 Å². The van der Waals surface area contributed by atoms with E-state index in [4.69, 9.17) is 0 Å². The first-order valence-corrected chi connectivity index (χ1v) is 7.60. The van der Waals surface area contributed by atoms with Crippen molar-refractivity contribution in [1.29, 1.82) is 0 Å². The highest BCUT2D eigenvalue weighted by atomic mass is 32.1. The van der Waals surface area contributed by atoms with Crippen LogP contribution in [0.5, 0.6) is 5.75 Å². The molecule has 0 amide bonds. The predicted molar refractivity (Wildman–Crippen MR) is 95.4 cm³/mol. The molecule has 0 spiro atoms. The zero-order valence-electron chi connectivity index (χ0n) is 11.5. The lowest BCUT2D eigenvalue weighted by Crippen LogP contribution is -1.94. The maximum absolute atomic E-state index is 9.56. The van der Waals surface area contributed by atoms with Crippen molar-refractivity contribution in [3.63, 3.8) is 0 Å². The Labute approximate surface area is 141 Å². The van der Waals surface area contributed by atoms with E-state index in [1.165, 1.54) is 13.8 Å². The van der Waals surface area contributed by atoms with Crippen molar-refractivity contribution in [1.82, 2.24) is 4.98 Å². The van der Waals surface area contributed by atoms with Gasteiger partial charge in [0.1, 0.15) is 5.75 Å². The van der Waals surface area contributed by atoms with Crippen molar-refractivity contribution in [2.75, 3.05) is 0 Å². The Kier molecular flexibility index (Phi) is 13.7. The van der Waals surface area contributed by atoms with E-state index in [-0.39, 0.29) is 16.0 Å². The molecule has 0 unspecified atom stereocenters. The molecule has 0 saturated heterocycles. The molecule has 1 rings (SSSR count). The zero-order chi connectivity index (χ0) is 16.3. The van der Waals surface area contributed by atoms with Gasteiger partial charge in [-0.2, -0.15) is 25.3 Å². The van der Waals surface area contributed by atoms with Crippen molar-refractivity contribution in [3.8, 4) is 5.75 Å². The number of thiol groups is 4. The molecule has 1 heterocycles. The van der Waals surface area contributed by atoms with Crippen LogP contribution in [0.1, 0.15) is 30.7 Å². The van der Waals surface area contributed by atoms with Crippen LogP contribution in [0.15, 0.2) is 6.20 Å². The van der Waals surface area contributed by atoms with Gasteiger partial charge in [-0.1, -0.05) is 0 Å². The Bertz CT molecular complexity index is 433. The first-order valence-electron chi connectivity index (χ1n) is 5.44. The maximum atomic E-state index is 9.56. The Morgan fingerprint density at radius 1 is 1.15 bits per heavy atom. The Hall–Kier alpha value is -0.310. The normalized spacial score (nSPS) is 8.75. The largest absolute Gasteiger partial charge is 0.506 e. The third kappa shape index (κ3) is 11.5.